The second-order valence-corrected chi connectivity index (χ2v) is 6.92. The van der Waals surface area contributed by atoms with Crippen LogP contribution in [0.25, 0.3) is 10.8 Å². The van der Waals surface area contributed by atoms with Gasteiger partial charge in [0.25, 0.3) is 5.91 Å². The average molecular weight is 388 g/mol. The van der Waals surface area contributed by atoms with E-state index in [9.17, 15) is 14.4 Å². The van der Waals surface area contributed by atoms with Crippen LogP contribution in [0.4, 0.5) is 5.69 Å². The molecule has 1 aliphatic heterocycles. The zero-order valence-electron chi connectivity index (χ0n) is 15.8. The second-order valence-electron chi connectivity index (χ2n) is 6.92. The highest BCUT2D eigenvalue weighted by Crippen LogP contribution is 2.21. The van der Waals surface area contributed by atoms with E-state index in [-0.39, 0.29) is 43.7 Å². The van der Waals surface area contributed by atoms with Crippen LogP contribution in [-0.2, 0) is 20.9 Å². The number of hydrogen-bond acceptors (Lipinski definition) is 4. The first-order valence-electron chi connectivity index (χ1n) is 9.42. The summed E-state index contributed by atoms with van der Waals surface area (Å²) < 4.78 is 5.59. The molecule has 3 aromatic rings. The number of anilines is 1. The summed E-state index contributed by atoms with van der Waals surface area (Å²) in [5, 5.41) is 4.94. The molecule has 3 amide bonds. The molecule has 0 aliphatic carbocycles. The van der Waals surface area contributed by atoms with Crippen molar-refractivity contribution in [1.29, 1.82) is 0 Å². The number of amides is 3. The van der Waals surface area contributed by atoms with E-state index >= 15 is 0 Å². The number of benzene rings is 3. The summed E-state index contributed by atoms with van der Waals surface area (Å²) in [5.74, 6) is 0.0846. The van der Waals surface area contributed by atoms with Gasteiger partial charge in [-0.3, -0.25) is 19.3 Å². The molecule has 6 heteroatoms. The van der Waals surface area contributed by atoms with Crippen LogP contribution in [0.1, 0.15) is 18.4 Å². The van der Waals surface area contributed by atoms with E-state index in [1.807, 2.05) is 42.5 Å². The van der Waals surface area contributed by atoms with Crippen molar-refractivity contribution < 1.29 is 19.1 Å². The van der Waals surface area contributed by atoms with Crippen LogP contribution in [-0.4, -0.2) is 29.2 Å². The first-order valence-corrected chi connectivity index (χ1v) is 9.42. The van der Waals surface area contributed by atoms with Gasteiger partial charge in [0.15, 0.2) is 6.61 Å². The first-order chi connectivity index (χ1) is 14.1. The summed E-state index contributed by atoms with van der Waals surface area (Å²) in [7, 11) is 0. The Kier molecular flexibility index (Phi) is 5.24. The number of imide groups is 1. The van der Waals surface area contributed by atoms with Crippen molar-refractivity contribution in [3.05, 3.63) is 72.3 Å². The van der Waals surface area contributed by atoms with Crippen molar-refractivity contribution in [2.45, 2.75) is 19.4 Å². The van der Waals surface area contributed by atoms with Gasteiger partial charge in [0.1, 0.15) is 5.75 Å². The van der Waals surface area contributed by atoms with E-state index in [0.29, 0.717) is 11.4 Å². The molecular weight excluding hydrogens is 368 g/mol. The van der Waals surface area contributed by atoms with Gasteiger partial charge in [-0.05, 0) is 40.6 Å². The number of carbonyl (C=O) groups is 3. The number of ether oxygens (including phenoxy) is 1. The molecule has 0 unspecified atom stereocenters. The van der Waals surface area contributed by atoms with Crippen molar-refractivity contribution >= 4 is 34.2 Å². The summed E-state index contributed by atoms with van der Waals surface area (Å²) in [5.41, 5.74) is 1.46. The average Bonchev–Trinajstić information content (AvgIpc) is 3.05. The molecule has 3 aromatic carbocycles. The number of hydrogen-bond donors (Lipinski definition) is 1. The summed E-state index contributed by atoms with van der Waals surface area (Å²) in [4.78, 5) is 36.8. The van der Waals surface area contributed by atoms with Crippen molar-refractivity contribution in [3.8, 4) is 5.75 Å². The lowest BCUT2D eigenvalue weighted by molar-refractivity contribution is -0.139. The molecule has 1 aliphatic rings. The minimum Gasteiger partial charge on any atom is -0.484 e. The third-order valence-corrected chi connectivity index (χ3v) is 4.82. The molecule has 0 radical (unpaired) electrons. The van der Waals surface area contributed by atoms with E-state index in [4.69, 9.17) is 4.74 Å². The monoisotopic (exact) mass is 388 g/mol. The number of rotatable bonds is 6. The second kappa shape index (κ2) is 8.14. The topological polar surface area (TPSA) is 75.7 Å². The number of nitrogens with zero attached hydrogens (tertiary/aromatic N) is 1. The van der Waals surface area contributed by atoms with Crippen molar-refractivity contribution in [3.63, 3.8) is 0 Å². The molecule has 1 N–H and O–H groups in total. The summed E-state index contributed by atoms with van der Waals surface area (Å²) in [6.07, 6.45) is 0.564. The molecule has 1 fully saturated rings. The standard InChI is InChI=1S/C23H20N2O4/c26-21(15-29-20-10-7-17-3-1-2-4-18(17)13-20)24-19-8-5-16(6-9-19)14-25-22(27)11-12-23(25)28/h1-10,13H,11-12,14-15H2,(H,24,26). The third-order valence-electron chi connectivity index (χ3n) is 4.82. The summed E-state index contributed by atoms with van der Waals surface area (Å²) >= 11 is 0. The SMILES string of the molecule is O=C(COc1ccc2ccccc2c1)Nc1ccc(CN2C(=O)CCC2=O)cc1. The highest BCUT2D eigenvalue weighted by Gasteiger charge is 2.28. The Bertz CT molecular complexity index is 1060. The molecule has 0 saturated carbocycles. The minimum atomic E-state index is -0.268. The summed E-state index contributed by atoms with van der Waals surface area (Å²) in [6, 6.07) is 20.7. The fraction of sp³-hybridized carbons (Fsp3) is 0.174. The third kappa shape index (κ3) is 4.43. The van der Waals surface area contributed by atoms with Crippen LogP contribution < -0.4 is 10.1 Å². The molecule has 0 spiro atoms. The van der Waals surface area contributed by atoms with Crippen molar-refractivity contribution in [2.75, 3.05) is 11.9 Å². The molecule has 0 atom stereocenters. The van der Waals surface area contributed by atoms with Gasteiger partial charge in [0.2, 0.25) is 11.8 Å². The summed E-state index contributed by atoms with van der Waals surface area (Å²) in [6.45, 7) is 0.161. The largest absolute Gasteiger partial charge is 0.484 e. The Morgan fingerprint density at radius 1 is 0.897 bits per heavy atom. The predicted octanol–water partition coefficient (Wildman–Crippen LogP) is 3.51. The Hall–Kier alpha value is -3.67. The number of nitrogens with one attached hydrogen (secondary N) is 1. The fourth-order valence-corrected chi connectivity index (χ4v) is 3.28. The highest BCUT2D eigenvalue weighted by atomic mass is 16.5. The number of likely N-dealkylation sites (tertiary alicyclic amines) is 1. The molecular formula is C23H20N2O4. The molecule has 1 saturated heterocycles. The Morgan fingerprint density at radius 3 is 2.31 bits per heavy atom. The molecule has 0 aromatic heterocycles. The van der Waals surface area contributed by atoms with Crippen LogP contribution in [0.15, 0.2) is 66.7 Å². The molecule has 29 heavy (non-hydrogen) atoms. The number of fused-ring (bicyclic) bond motifs is 1. The lowest BCUT2D eigenvalue weighted by atomic mass is 10.1. The van der Waals surface area contributed by atoms with Crippen LogP contribution in [0, 0.1) is 0 Å². The lowest BCUT2D eigenvalue weighted by Crippen LogP contribution is -2.28. The quantitative estimate of drug-likeness (QED) is 0.656. The molecule has 1 heterocycles. The van der Waals surface area contributed by atoms with Gasteiger partial charge in [-0.15, -0.1) is 0 Å². The van der Waals surface area contributed by atoms with E-state index in [2.05, 4.69) is 5.32 Å². The fourth-order valence-electron chi connectivity index (χ4n) is 3.28. The van der Waals surface area contributed by atoms with Crippen molar-refractivity contribution in [2.24, 2.45) is 0 Å². The lowest BCUT2D eigenvalue weighted by Gasteiger charge is -2.14. The highest BCUT2D eigenvalue weighted by molar-refractivity contribution is 6.01. The van der Waals surface area contributed by atoms with Gasteiger partial charge in [-0.25, -0.2) is 0 Å². The maximum Gasteiger partial charge on any atom is 0.262 e. The van der Waals surface area contributed by atoms with E-state index in [1.54, 1.807) is 24.3 Å². The Balaban J connectivity index is 1.31. The van der Waals surface area contributed by atoms with Gasteiger partial charge in [-0.2, -0.15) is 0 Å². The normalized spacial score (nSPS) is 13.7. The minimum absolute atomic E-state index is 0.100. The molecule has 146 valence electrons. The van der Waals surface area contributed by atoms with Crippen LogP contribution in [0.3, 0.4) is 0 Å². The van der Waals surface area contributed by atoms with Crippen LogP contribution >= 0.6 is 0 Å². The first kappa shape index (κ1) is 18.7. The molecule has 6 nitrogen and oxygen atoms in total. The molecule has 0 bridgehead atoms. The zero-order valence-corrected chi connectivity index (χ0v) is 15.8. The molecule has 4 rings (SSSR count). The van der Waals surface area contributed by atoms with E-state index in [0.717, 1.165) is 16.3 Å². The maximum atomic E-state index is 12.2. The van der Waals surface area contributed by atoms with Gasteiger partial charge in [0, 0.05) is 18.5 Å². The van der Waals surface area contributed by atoms with Gasteiger partial charge in [0.05, 0.1) is 6.54 Å². The zero-order chi connectivity index (χ0) is 20.2. The Labute approximate surface area is 168 Å². The van der Waals surface area contributed by atoms with Crippen LogP contribution in [0.5, 0.6) is 5.75 Å². The number of carbonyl (C=O) groups excluding carboxylic acids is 3. The van der Waals surface area contributed by atoms with E-state index < -0.39 is 0 Å². The van der Waals surface area contributed by atoms with Crippen molar-refractivity contribution in [1.82, 2.24) is 4.90 Å². The van der Waals surface area contributed by atoms with Gasteiger partial charge < -0.3 is 10.1 Å². The predicted molar refractivity (Wildman–Crippen MR) is 109 cm³/mol. The smallest absolute Gasteiger partial charge is 0.262 e. The van der Waals surface area contributed by atoms with Gasteiger partial charge >= 0.3 is 0 Å². The maximum absolute atomic E-state index is 12.2. The van der Waals surface area contributed by atoms with E-state index in [1.165, 1.54) is 4.90 Å². The Morgan fingerprint density at radius 2 is 1.59 bits per heavy atom. The van der Waals surface area contributed by atoms with Crippen LogP contribution in [0.2, 0.25) is 0 Å². The van der Waals surface area contributed by atoms with Gasteiger partial charge in [-0.1, -0.05) is 42.5 Å².